The van der Waals surface area contributed by atoms with E-state index in [9.17, 15) is 5.11 Å². The van der Waals surface area contributed by atoms with E-state index in [1.807, 2.05) is 0 Å². The Morgan fingerprint density at radius 3 is 2.94 bits per heavy atom. The van der Waals surface area contributed by atoms with Crippen LogP contribution in [0.5, 0.6) is 0 Å². The van der Waals surface area contributed by atoms with Crippen molar-refractivity contribution < 1.29 is 5.11 Å². The highest BCUT2D eigenvalue weighted by Crippen LogP contribution is 2.39. The molecule has 102 valence electrons. The van der Waals surface area contributed by atoms with E-state index in [-0.39, 0.29) is 11.5 Å². The SMILES string of the molecule is CC(C)(C)CC(O)CNC1CCc2sc(Cl)cc21. The number of aliphatic hydroxyl groups is 1. The van der Waals surface area contributed by atoms with Gasteiger partial charge >= 0.3 is 0 Å². The quantitative estimate of drug-likeness (QED) is 0.883. The van der Waals surface area contributed by atoms with E-state index in [4.69, 9.17) is 11.6 Å². The highest BCUT2D eigenvalue weighted by Gasteiger charge is 2.25. The van der Waals surface area contributed by atoms with Crippen molar-refractivity contribution in [3.63, 3.8) is 0 Å². The number of halogens is 1. The maximum atomic E-state index is 10.0. The average molecular weight is 288 g/mol. The molecule has 1 aliphatic carbocycles. The van der Waals surface area contributed by atoms with Crippen LogP contribution in [0.3, 0.4) is 0 Å². The molecule has 0 bridgehead atoms. The monoisotopic (exact) mass is 287 g/mol. The molecule has 0 radical (unpaired) electrons. The van der Waals surface area contributed by atoms with Crippen LogP contribution in [0, 0.1) is 5.41 Å². The Labute approximate surface area is 118 Å². The van der Waals surface area contributed by atoms with Crippen molar-refractivity contribution in [1.29, 1.82) is 0 Å². The lowest BCUT2D eigenvalue weighted by atomic mass is 9.89. The molecular weight excluding hydrogens is 266 g/mol. The third kappa shape index (κ3) is 3.70. The van der Waals surface area contributed by atoms with Gasteiger partial charge in [0.2, 0.25) is 0 Å². The molecule has 0 aliphatic heterocycles. The predicted molar refractivity (Wildman–Crippen MR) is 78.5 cm³/mol. The first-order valence-electron chi connectivity index (χ1n) is 6.55. The molecule has 0 fully saturated rings. The van der Waals surface area contributed by atoms with Gasteiger partial charge in [0.05, 0.1) is 10.4 Å². The molecule has 0 saturated heterocycles. The summed E-state index contributed by atoms with van der Waals surface area (Å²) in [6.45, 7) is 7.13. The van der Waals surface area contributed by atoms with Gasteiger partial charge in [0, 0.05) is 17.5 Å². The minimum Gasteiger partial charge on any atom is -0.392 e. The van der Waals surface area contributed by atoms with Crippen LogP contribution in [0.1, 0.15) is 50.1 Å². The first kappa shape index (κ1) is 14.3. The summed E-state index contributed by atoms with van der Waals surface area (Å²) in [6, 6.07) is 2.45. The van der Waals surface area contributed by atoms with Crippen molar-refractivity contribution in [3.8, 4) is 0 Å². The molecule has 4 heteroatoms. The van der Waals surface area contributed by atoms with Crippen molar-refractivity contribution in [2.45, 2.75) is 52.2 Å². The number of nitrogens with one attached hydrogen (secondary N) is 1. The van der Waals surface area contributed by atoms with Gasteiger partial charge in [0.15, 0.2) is 0 Å². The zero-order valence-electron chi connectivity index (χ0n) is 11.3. The Morgan fingerprint density at radius 1 is 1.56 bits per heavy atom. The summed E-state index contributed by atoms with van der Waals surface area (Å²) in [7, 11) is 0. The molecule has 1 heterocycles. The highest BCUT2D eigenvalue weighted by molar-refractivity contribution is 7.16. The van der Waals surface area contributed by atoms with Gasteiger partial charge in [-0.25, -0.2) is 0 Å². The maximum Gasteiger partial charge on any atom is 0.0934 e. The van der Waals surface area contributed by atoms with Crippen LogP contribution in [-0.2, 0) is 6.42 Å². The number of aryl methyl sites for hydroxylation is 1. The van der Waals surface area contributed by atoms with Crippen LogP contribution in [0.25, 0.3) is 0 Å². The summed E-state index contributed by atoms with van der Waals surface area (Å²) >= 11 is 7.72. The zero-order chi connectivity index (χ0) is 13.3. The van der Waals surface area contributed by atoms with E-state index in [0.29, 0.717) is 12.6 Å². The van der Waals surface area contributed by atoms with Crippen molar-refractivity contribution >= 4 is 22.9 Å². The van der Waals surface area contributed by atoms with E-state index < -0.39 is 0 Å². The molecule has 2 unspecified atom stereocenters. The van der Waals surface area contributed by atoms with Crippen LogP contribution in [-0.4, -0.2) is 17.8 Å². The lowest BCUT2D eigenvalue weighted by Gasteiger charge is -2.24. The topological polar surface area (TPSA) is 32.3 Å². The van der Waals surface area contributed by atoms with Gasteiger partial charge in [-0.3, -0.25) is 0 Å². The third-order valence-corrected chi connectivity index (χ3v) is 4.63. The van der Waals surface area contributed by atoms with Crippen LogP contribution in [0.4, 0.5) is 0 Å². The van der Waals surface area contributed by atoms with Crippen LogP contribution in [0.15, 0.2) is 6.07 Å². The fraction of sp³-hybridized carbons (Fsp3) is 0.714. The smallest absolute Gasteiger partial charge is 0.0934 e. The normalized spacial score (nSPS) is 21.1. The second kappa shape index (κ2) is 5.49. The zero-order valence-corrected chi connectivity index (χ0v) is 12.9. The summed E-state index contributed by atoms with van der Waals surface area (Å²) in [5.41, 5.74) is 1.51. The lowest BCUT2D eigenvalue weighted by Crippen LogP contribution is -2.32. The molecule has 0 amide bonds. The first-order valence-corrected chi connectivity index (χ1v) is 7.74. The Kier molecular flexibility index (Phi) is 4.37. The van der Waals surface area contributed by atoms with Crippen molar-refractivity contribution in [2.75, 3.05) is 6.54 Å². The Morgan fingerprint density at radius 2 is 2.28 bits per heavy atom. The lowest BCUT2D eigenvalue weighted by molar-refractivity contribution is 0.116. The maximum absolute atomic E-state index is 10.0. The first-order chi connectivity index (χ1) is 8.35. The molecule has 2 nitrogen and oxygen atoms in total. The summed E-state index contributed by atoms with van der Waals surface area (Å²) in [5, 5.41) is 13.5. The molecule has 2 atom stereocenters. The molecule has 2 rings (SSSR count). The molecule has 0 aromatic carbocycles. The third-order valence-electron chi connectivity index (χ3n) is 3.30. The van der Waals surface area contributed by atoms with E-state index in [0.717, 1.165) is 23.6 Å². The van der Waals surface area contributed by atoms with Crippen molar-refractivity contribution in [1.82, 2.24) is 5.32 Å². The molecule has 18 heavy (non-hydrogen) atoms. The van der Waals surface area contributed by atoms with E-state index in [1.54, 1.807) is 11.3 Å². The second-order valence-electron chi connectivity index (χ2n) is 6.35. The minimum atomic E-state index is -0.275. The number of hydrogen-bond donors (Lipinski definition) is 2. The number of aliphatic hydroxyl groups excluding tert-OH is 1. The molecule has 2 N–H and O–H groups in total. The Hall–Kier alpha value is -0.0900. The van der Waals surface area contributed by atoms with Gasteiger partial charge in [-0.1, -0.05) is 32.4 Å². The van der Waals surface area contributed by atoms with Crippen LogP contribution in [0.2, 0.25) is 4.34 Å². The molecular formula is C14H22ClNOS. The fourth-order valence-electron chi connectivity index (χ4n) is 2.60. The van der Waals surface area contributed by atoms with Crippen LogP contribution >= 0.6 is 22.9 Å². The van der Waals surface area contributed by atoms with Gasteiger partial charge in [0.1, 0.15) is 0 Å². The van der Waals surface area contributed by atoms with Gasteiger partial charge in [-0.2, -0.15) is 0 Å². The van der Waals surface area contributed by atoms with E-state index in [2.05, 4.69) is 32.2 Å². The molecule has 1 aliphatic rings. The standard InChI is InChI=1S/C14H22ClNOS/c1-14(2,3)7-9(17)8-16-11-4-5-12-10(11)6-13(15)18-12/h6,9,11,16-17H,4-5,7-8H2,1-3H3. The van der Waals surface area contributed by atoms with Gasteiger partial charge in [-0.05, 0) is 36.3 Å². The van der Waals surface area contributed by atoms with E-state index in [1.165, 1.54) is 10.4 Å². The second-order valence-corrected chi connectivity index (χ2v) is 8.12. The number of thiophene rings is 1. The van der Waals surface area contributed by atoms with Gasteiger partial charge < -0.3 is 10.4 Å². The predicted octanol–water partition coefficient (Wildman–Crippen LogP) is 3.78. The summed E-state index contributed by atoms with van der Waals surface area (Å²) in [4.78, 5) is 1.41. The highest BCUT2D eigenvalue weighted by atomic mass is 35.5. The van der Waals surface area contributed by atoms with Crippen molar-refractivity contribution in [2.24, 2.45) is 5.41 Å². The van der Waals surface area contributed by atoms with Crippen LogP contribution < -0.4 is 5.32 Å². The number of hydrogen-bond acceptors (Lipinski definition) is 3. The molecule has 0 saturated carbocycles. The van der Waals surface area contributed by atoms with Gasteiger partial charge in [-0.15, -0.1) is 11.3 Å². The van der Waals surface area contributed by atoms with Gasteiger partial charge in [0.25, 0.3) is 0 Å². The summed E-state index contributed by atoms with van der Waals surface area (Å²) < 4.78 is 0.877. The molecule has 0 spiro atoms. The Bertz CT molecular complexity index is 410. The average Bonchev–Trinajstić information content (AvgIpc) is 2.71. The van der Waals surface area contributed by atoms with Crippen molar-refractivity contribution in [3.05, 3.63) is 20.8 Å². The fourth-order valence-corrected chi connectivity index (χ4v) is 3.96. The largest absolute Gasteiger partial charge is 0.392 e. The summed E-state index contributed by atoms with van der Waals surface area (Å²) in [6.07, 6.45) is 2.78. The van der Waals surface area contributed by atoms with E-state index >= 15 is 0 Å². The summed E-state index contributed by atoms with van der Waals surface area (Å²) in [5.74, 6) is 0. The molecule has 1 aromatic rings. The Balaban J connectivity index is 1.85. The number of rotatable bonds is 4. The number of fused-ring (bicyclic) bond motifs is 1. The molecule has 1 aromatic heterocycles. The minimum absolute atomic E-state index is 0.174.